The van der Waals surface area contributed by atoms with Gasteiger partial charge in [0.2, 0.25) is 10.0 Å². The van der Waals surface area contributed by atoms with Crippen LogP contribution in [0.3, 0.4) is 0 Å². The summed E-state index contributed by atoms with van der Waals surface area (Å²) >= 11 is 0. The van der Waals surface area contributed by atoms with E-state index in [1.807, 2.05) is 0 Å². The minimum Gasteiger partial charge on any atom is -0.229 e. The highest BCUT2D eigenvalue weighted by Gasteiger charge is 2.29. The average molecular weight is 311 g/mol. The summed E-state index contributed by atoms with van der Waals surface area (Å²) in [4.78, 5) is 0. The molecule has 0 aromatic heterocycles. The molecule has 1 N–H and O–H groups in total. The normalized spacial score (nSPS) is 29.3. The molecule has 3 atom stereocenters. The highest BCUT2D eigenvalue weighted by atomic mass is 32.2. The minimum atomic E-state index is -3.37. The van der Waals surface area contributed by atoms with Crippen LogP contribution in [-0.4, -0.2) is 40.6 Å². The van der Waals surface area contributed by atoms with Crippen LogP contribution >= 0.6 is 0 Å². The number of sulfonamides is 1. The van der Waals surface area contributed by atoms with E-state index in [2.05, 4.69) is 18.6 Å². The molecule has 0 heterocycles. The summed E-state index contributed by atoms with van der Waals surface area (Å²) in [5.41, 5.74) is 0. The maximum absolute atomic E-state index is 11.9. The van der Waals surface area contributed by atoms with Gasteiger partial charge in [-0.1, -0.05) is 26.7 Å². The van der Waals surface area contributed by atoms with Gasteiger partial charge in [0.15, 0.2) is 0 Å². The van der Waals surface area contributed by atoms with E-state index < -0.39 is 19.9 Å². The summed E-state index contributed by atoms with van der Waals surface area (Å²) in [5.74, 6) is 0.665. The van der Waals surface area contributed by atoms with Crippen LogP contribution in [0.4, 0.5) is 0 Å². The largest absolute Gasteiger partial charge is 0.229 e. The second-order valence-corrected chi connectivity index (χ2v) is 9.93. The van der Waals surface area contributed by atoms with E-state index in [1.54, 1.807) is 0 Å². The fourth-order valence-electron chi connectivity index (χ4n) is 2.55. The molecular formula is C12H25NO4S2. The van der Waals surface area contributed by atoms with Gasteiger partial charge in [-0.25, -0.2) is 21.6 Å². The topological polar surface area (TPSA) is 80.3 Å². The highest BCUT2D eigenvalue weighted by Crippen LogP contribution is 2.29. The SMILES string of the molecule is C[C@H]1[C@H](C)CCC[C@@H]1NS(=O)(=O)CCCS(C)(=O)=O. The summed E-state index contributed by atoms with van der Waals surface area (Å²) < 4.78 is 48.6. The Balaban J connectivity index is 2.50. The minimum absolute atomic E-state index is 0.00742. The molecule has 0 unspecified atom stereocenters. The van der Waals surface area contributed by atoms with Crippen LogP contribution in [0.5, 0.6) is 0 Å². The number of sulfone groups is 1. The van der Waals surface area contributed by atoms with Crippen molar-refractivity contribution in [3.63, 3.8) is 0 Å². The van der Waals surface area contributed by atoms with Crippen molar-refractivity contribution in [1.82, 2.24) is 4.72 Å². The van der Waals surface area contributed by atoms with E-state index in [9.17, 15) is 16.8 Å². The molecule has 1 aliphatic carbocycles. The van der Waals surface area contributed by atoms with Gasteiger partial charge in [0.25, 0.3) is 0 Å². The standard InChI is InChI=1S/C12H25NO4S2/c1-10-6-4-7-12(11(10)2)13-19(16,17)9-5-8-18(3,14)15/h10-13H,4-9H2,1-3H3/t10-,11+,12+/m1/s1. The third-order valence-corrected chi connectivity index (χ3v) is 6.48. The summed E-state index contributed by atoms with van der Waals surface area (Å²) in [5, 5.41) is 0. The first-order valence-electron chi connectivity index (χ1n) is 6.78. The lowest BCUT2D eigenvalue weighted by atomic mass is 9.78. The molecular weight excluding hydrogens is 286 g/mol. The monoisotopic (exact) mass is 311 g/mol. The van der Waals surface area contributed by atoms with Gasteiger partial charge in [-0.2, -0.15) is 0 Å². The molecule has 1 aliphatic rings. The van der Waals surface area contributed by atoms with Gasteiger partial charge < -0.3 is 0 Å². The summed E-state index contributed by atoms with van der Waals surface area (Å²) in [7, 11) is -6.47. The van der Waals surface area contributed by atoms with Crippen molar-refractivity contribution in [1.29, 1.82) is 0 Å². The van der Waals surface area contributed by atoms with E-state index in [4.69, 9.17) is 0 Å². The fraction of sp³-hybridized carbons (Fsp3) is 1.00. The second-order valence-electron chi connectivity index (χ2n) is 5.79. The summed E-state index contributed by atoms with van der Waals surface area (Å²) in [6.45, 7) is 4.22. The predicted molar refractivity (Wildman–Crippen MR) is 77.2 cm³/mol. The van der Waals surface area contributed by atoms with Crippen LogP contribution in [0.25, 0.3) is 0 Å². The van der Waals surface area contributed by atoms with Crippen LogP contribution in [0.1, 0.15) is 39.5 Å². The predicted octanol–water partition coefficient (Wildman–Crippen LogP) is 1.17. The van der Waals surface area contributed by atoms with Gasteiger partial charge in [-0.3, -0.25) is 0 Å². The average Bonchev–Trinajstić information content (AvgIpc) is 2.22. The molecule has 0 amide bonds. The summed E-state index contributed by atoms with van der Waals surface area (Å²) in [6, 6.07) is -0.00742. The van der Waals surface area contributed by atoms with Crippen molar-refractivity contribution in [2.75, 3.05) is 17.8 Å². The van der Waals surface area contributed by atoms with Gasteiger partial charge >= 0.3 is 0 Å². The van der Waals surface area contributed by atoms with Gasteiger partial charge in [-0.15, -0.1) is 0 Å². The Kier molecular flexibility index (Phi) is 5.82. The van der Waals surface area contributed by atoms with Gasteiger partial charge in [-0.05, 0) is 24.7 Å². The lowest BCUT2D eigenvalue weighted by Crippen LogP contribution is -2.44. The maximum atomic E-state index is 11.9. The zero-order valence-electron chi connectivity index (χ0n) is 11.9. The Labute approximate surface area is 117 Å². The first kappa shape index (κ1) is 16.9. The fourth-order valence-corrected chi connectivity index (χ4v) is 4.84. The van der Waals surface area contributed by atoms with Crippen molar-refractivity contribution in [2.24, 2.45) is 11.8 Å². The maximum Gasteiger partial charge on any atom is 0.211 e. The molecule has 0 spiro atoms. The highest BCUT2D eigenvalue weighted by molar-refractivity contribution is 7.91. The third-order valence-electron chi connectivity index (χ3n) is 3.97. The summed E-state index contributed by atoms with van der Waals surface area (Å²) in [6.07, 6.45) is 4.34. The van der Waals surface area contributed by atoms with Crippen molar-refractivity contribution in [3.8, 4) is 0 Å². The van der Waals surface area contributed by atoms with Crippen LogP contribution in [0.2, 0.25) is 0 Å². The van der Waals surface area contributed by atoms with E-state index in [-0.39, 0.29) is 24.0 Å². The third kappa shape index (κ3) is 6.23. The molecule has 19 heavy (non-hydrogen) atoms. The Morgan fingerprint density at radius 3 is 2.26 bits per heavy atom. The van der Waals surface area contributed by atoms with Crippen molar-refractivity contribution in [2.45, 2.75) is 45.6 Å². The van der Waals surface area contributed by atoms with Gasteiger partial charge in [0, 0.05) is 12.3 Å². The molecule has 0 radical (unpaired) electrons. The molecule has 0 bridgehead atoms. The number of hydrogen-bond donors (Lipinski definition) is 1. The molecule has 0 aromatic carbocycles. The zero-order valence-corrected chi connectivity index (χ0v) is 13.6. The quantitative estimate of drug-likeness (QED) is 0.798. The molecule has 1 rings (SSSR count). The van der Waals surface area contributed by atoms with Crippen LogP contribution in [0.15, 0.2) is 0 Å². The Bertz CT molecular complexity index is 484. The lowest BCUT2D eigenvalue weighted by Gasteiger charge is -2.34. The van der Waals surface area contributed by atoms with Crippen molar-refractivity contribution < 1.29 is 16.8 Å². The molecule has 1 saturated carbocycles. The molecule has 0 aromatic rings. The number of hydrogen-bond acceptors (Lipinski definition) is 4. The van der Waals surface area contributed by atoms with Crippen LogP contribution < -0.4 is 4.72 Å². The van der Waals surface area contributed by atoms with Gasteiger partial charge in [0.05, 0.1) is 11.5 Å². The Morgan fingerprint density at radius 1 is 1.05 bits per heavy atom. The Hall–Kier alpha value is -0.140. The molecule has 7 heteroatoms. The van der Waals surface area contributed by atoms with Crippen LogP contribution in [0, 0.1) is 11.8 Å². The van der Waals surface area contributed by atoms with E-state index in [0.29, 0.717) is 11.8 Å². The smallest absolute Gasteiger partial charge is 0.211 e. The second kappa shape index (κ2) is 6.54. The molecule has 0 saturated heterocycles. The zero-order chi connectivity index (χ0) is 14.7. The lowest BCUT2D eigenvalue weighted by molar-refractivity contribution is 0.227. The van der Waals surface area contributed by atoms with Crippen molar-refractivity contribution >= 4 is 19.9 Å². The van der Waals surface area contributed by atoms with E-state index >= 15 is 0 Å². The molecule has 114 valence electrons. The number of nitrogens with one attached hydrogen (secondary N) is 1. The van der Waals surface area contributed by atoms with Crippen molar-refractivity contribution in [3.05, 3.63) is 0 Å². The van der Waals surface area contributed by atoms with E-state index in [1.165, 1.54) is 0 Å². The van der Waals surface area contributed by atoms with Crippen LogP contribution in [-0.2, 0) is 19.9 Å². The first-order chi connectivity index (χ1) is 8.61. The first-order valence-corrected chi connectivity index (χ1v) is 10.5. The molecule has 0 aliphatic heterocycles. The Morgan fingerprint density at radius 2 is 1.68 bits per heavy atom. The van der Waals surface area contributed by atoms with E-state index in [0.717, 1.165) is 25.5 Å². The molecule has 1 fully saturated rings. The van der Waals surface area contributed by atoms with Gasteiger partial charge in [0.1, 0.15) is 9.84 Å². The number of rotatable bonds is 6. The molecule has 5 nitrogen and oxygen atoms in total.